The summed E-state index contributed by atoms with van der Waals surface area (Å²) in [6, 6.07) is 15.4. The second-order valence-corrected chi connectivity index (χ2v) is 13.5. The van der Waals surface area contributed by atoms with Crippen molar-refractivity contribution < 1.29 is 32.5 Å². The maximum absolute atomic E-state index is 14.0. The third-order valence-corrected chi connectivity index (χ3v) is 10.9. The minimum absolute atomic E-state index is 0.0211. The highest BCUT2D eigenvalue weighted by molar-refractivity contribution is 7.89. The fourth-order valence-corrected chi connectivity index (χ4v) is 8.23. The van der Waals surface area contributed by atoms with Gasteiger partial charge in [0.25, 0.3) is 0 Å². The lowest BCUT2D eigenvalue weighted by atomic mass is 9.84. The van der Waals surface area contributed by atoms with E-state index in [-0.39, 0.29) is 36.1 Å². The normalized spacial score (nSPS) is 23.5. The third kappa shape index (κ3) is 5.99. The van der Waals surface area contributed by atoms with Crippen LogP contribution in [0.1, 0.15) is 31.2 Å². The number of hydrogen-bond donors (Lipinski definition) is 2. The number of aliphatic hydroxyl groups is 1. The molecule has 4 heterocycles. The fourth-order valence-electron chi connectivity index (χ4n) is 6.48. The summed E-state index contributed by atoms with van der Waals surface area (Å²) in [6.07, 6.45) is 2.60. The molecule has 2 aromatic carbocycles. The Kier molecular flexibility index (Phi) is 8.51. The number of benzene rings is 2. The predicted octanol–water partition coefficient (Wildman–Crippen LogP) is 2.82. The summed E-state index contributed by atoms with van der Waals surface area (Å²) < 4.78 is 46.3. The van der Waals surface area contributed by atoms with Gasteiger partial charge >= 0.3 is 0 Å². The van der Waals surface area contributed by atoms with Gasteiger partial charge in [0.15, 0.2) is 0 Å². The van der Waals surface area contributed by atoms with Crippen LogP contribution in [0.5, 0.6) is 17.4 Å². The van der Waals surface area contributed by atoms with E-state index in [1.54, 1.807) is 32.5 Å². The number of rotatable bonds is 5. The number of fused-ring (bicyclic) bond motifs is 2. The van der Waals surface area contributed by atoms with Gasteiger partial charge in [-0.1, -0.05) is 24.3 Å². The summed E-state index contributed by atoms with van der Waals surface area (Å²) >= 11 is 0. The Morgan fingerprint density at radius 2 is 1.84 bits per heavy atom. The van der Waals surface area contributed by atoms with Crippen LogP contribution in [-0.4, -0.2) is 91.8 Å². The number of piperidine rings is 1. The second-order valence-electron chi connectivity index (χ2n) is 11.7. The maximum atomic E-state index is 14.0. The molecule has 11 nitrogen and oxygen atoms in total. The van der Waals surface area contributed by atoms with Gasteiger partial charge in [0, 0.05) is 56.3 Å². The molecule has 2 atom stereocenters. The minimum Gasteiger partial charge on any atom is -0.497 e. The molecule has 1 amide bonds. The molecule has 2 saturated heterocycles. The molecule has 1 spiro atoms. The van der Waals surface area contributed by atoms with Crippen LogP contribution in [-0.2, 0) is 21.4 Å². The molecule has 0 unspecified atom stereocenters. The van der Waals surface area contributed by atoms with Crippen molar-refractivity contribution in [1.29, 1.82) is 0 Å². The molecule has 1 aromatic heterocycles. The van der Waals surface area contributed by atoms with E-state index in [4.69, 9.17) is 14.2 Å². The minimum atomic E-state index is -4.17. The molecule has 234 valence electrons. The van der Waals surface area contributed by atoms with Gasteiger partial charge in [-0.2, -0.15) is 4.31 Å². The van der Waals surface area contributed by atoms with Crippen LogP contribution < -0.4 is 19.5 Å². The number of nitrogens with zero attached hydrogens (tertiary/aromatic N) is 3. The van der Waals surface area contributed by atoms with Crippen molar-refractivity contribution in [3.8, 4) is 28.5 Å². The number of methoxy groups -OCH3 is 2. The Morgan fingerprint density at radius 3 is 2.61 bits per heavy atom. The quantitative estimate of drug-likeness (QED) is 0.441. The van der Waals surface area contributed by atoms with Crippen molar-refractivity contribution in [1.82, 2.24) is 19.5 Å². The number of sulfonamides is 1. The highest BCUT2D eigenvalue weighted by atomic mass is 32.2. The zero-order chi connectivity index (χ0) is 30.9. The molecular formula is C32H38N4O7S. The maximum Gasteiger partial charge on any atom is 0.247 e. The summed E-state index contributed by atoms with van der Waals surface area (Å²) in [5, 5.41) is 13.8. The van der Waals surface area contributed by atoms with Crippen molar-refractivity contribution in [3.63, 3.8) is 0 Å². The van der Waals surface area contributed by atoms with Gasteiger partial charge in [0.1, 0.15) is 22.4 Å². The van der Waals surface area contributed by atoms with Gasteiger partial charge in [-0.15, -0.1) is 0 Å². The van der Waals surface area contributed by atoms with Gasteiger partial charge < -0.3 is 24.6 Å². The molecule has 3 aromatic rings. The van der Waals surface area contributed by atoms with E-state index in [0.29, 0.717) is 50.5 Å². The number of ether oxygens (including phenoxy) is 3. The van der Waals surface area contributed by atoms with Crippen molar-refractivity contribution >= 4 is 15.9 Å². The molecular weight excluding hydrogens is 584 g/mol. The zero-order valence-corrected chi connectivity index (χ0v) is 25.8. The standard InChI is InChI=1S/C32H38N4O7S/c1-41-26-7-3-5-22(17-26)23-8-9-29-28(18-23)43-16-12-32(34-30(38)27-19-25(37)21-36(27)44(29,39)40)10-14-35(15-11-32)20-24-6-4-13-33-31(24)42-2/h3-9,13,17-18,25,27,37H,10-12,14-16,19-21H2,1-2H3,(H,34,38)/t25-,27+/m1/s1. The van der Waals surface area contributed by atoms with Crippen LogP contribution in [0.25, 0.3) is 11.1 Å². The van der Waals surface area contributed by atoms with Crippen LogP contribution in [0.2, 0.25) is 0 Å². The Morgan fingerprint density at radius 1 is 1.05 bits per heavy atom. The van der Waals surface area contributed by atoms with E-state index in [1.807, 2.05) is 36.4 Å². The number of carbonyl (C=O) groups excluding carboxylic acids is 1. The molecule has 3 aliphatic rings. The second kappa shape index (κ2) is 12.4. The van der Waals surface area contributed by atoms with Crippen molar-refractivity contribution in [2.24, 2.45) is 0 Å². The molecule has 2 N–H and O–H groups in total. The van der Waals surface area contributed by atoms with Crippen LogP contribution in [0.3, 0.4) is 0 Å². The average Bonchev–Trinajstić information content (AvgIpc) is 3.44. The van der Waals surface area contributed by atoms with Gasteiger partial charge in [0.05, 0.1) is 26.9 Å². The number of likely N-dealkylation sites (tertiary alicyclic amines) is 1. The molecule has 44 heavy (non-hydrogen) atoms. The number of carbonyl (C=O) groups is 1. The van der Waals surface area contributed by atoms with Crippen molar-refractivity contribution in [2.45, 2.75) is 54.8 Å². The first kappa shape index (κ1) is 30.3. The first-order chi connectivity index (χ1) is 21.2. The predicted molar refractivity (Wildman–Crippen MR) is 163 cm³/mol. The SMILES string of the molecule is COc1cccc(-c2ccc3c(c2)OCCC2(CCN(Cc4cccnc4OC)CC2)NC(=O)[C@@H]2C[C@@H](O)CN2S3(=O)=O)c1. The first-order valence-corrected chi connectivity index (χ1v) is 16.3. The molecule has 0 bridgehead atoms. The molecule has 0 saturated carbocycles. The van der Waals surface area contributed by atoms with Gasteiger partial charge in [-0.05, 0) is 54.3 Å². The summed E-state index contributed by atoms with van der Waals surface area (Å²) in [5.74, 6) is 1.11. The van der Waals surface area contributed by atoms with E-state index in [9.17, 15) is 18.3 Å². The number of pyridine rings is 1. The first-order valence-electron chi connectivity index (χ1n) is 14.8. The summed E-state index contributed by atoms with van der Waals surface area (Å²) in [7, 11) is -0.966. The summed E-state index contributed by atoms with van der Waals surface area (Å²) in [6.45, 7) is 2.15. The van der Waals surface area contributed by atoms with E-state index < -0.39 is 27.7 Å². The van der Waals surface area contributed by atoms with E-state index >= 15 is 0 Å². The third-order valence-electron chi connectivity index (χ3n) is 8.95. The van der Waals surface area contributed by atoms with Crippen LogP contribution >= 0.6 is 0 Å². The lowest BCUT2D eigenvalue weighted by Gasteiger charge is -2.43. The lowest BCUT2D eigenvalue weighted by Crippen LogP contribution is -2.59. The largest absolute Gasteiger partial charge is 0.497 e. The highest BCUT2D eigenvalue weighted by Gasteiger charge is 2.47. The van der Waals surface area contributed by atoms with Gasteiger partial charge in [-0.3, -0.25) is 9.69 Å². The Balaban J connectivity index is 1.30. The molecule has 0 aliphatic carbocycles. The van der Waals surface area contributed by atoms with Crippen molar-refractivity contribution in [2.75, 3.05) is 40.5 Å². The molecule has 3 aliphatic heterocycles. The summed E-state index contributed by atoms with van der Waals surface area (Å²) in [4.78, 5) is 20.4. The zero-order valence-electron chi connectivity index (χ0n) is 24.9. The lowest BCUT2D eigenvalue weighted by molar-refractivity contribution is -0.127. The number of hydrogen-bond acceptors (Lipinski definition) is 9. The van der Waals surface area contributed by atoms with Crippen LogP contribution in [0.15, 0.2) is 65.7 Å². The van der Waals surface area contributed by atoms with Crippen LogP contribution in [0, 0.1) is 0 Å². The fraction of sp³-hybridized carbons (Fsp3) is 0.438. The van der Waals surface area contributed by atoms with Crippen LogP contribution in [0.4, 0.5) is 0 Å². The number of amides is 1. The highest BCUT2D eigenvalue weighted by Crippen LogP contribution is 2.38. The van der Waals surface area contributed by atoms with E-state index in [2.05, 4.69) is 15.2 Å². The van der Waals surface area contributed by atoms with E-state index in [1.165, 1.54) is 6.07 Å². The molecule has 6 rings (SSSR count). The molecule has 2 fully saturated rings. The molecule has 0 radical (unpaired) electrons. The molecule has 12 heteroatoms. The van der Waals surface area contributed by atoms with Gasteiger partial charge in [0.2, 0.25) is 21.8 Å². The van der Waals surface area contributed by atoms with Crippen molar-refractivity contribution in [3.05, 3.63) is 66.4 Å². The number of nitrogens with one attached hydrogen (secondary N) is 1. The average molecular weight is 623 g/mol. The Hall–Kier alpha value is -3.71. The van der Waals surface area contributed by atoms with E-state index in [0.717, 1.165) is 21.0 Å². The van der Waals surface area contributed by atoms with Gasteiger partial charge in [-0.25, -0.2) is 13.4 Å². The topological polar surface area (TPSA) is 131 Å². The summed E-state index contributed by atoms with van der Waals surface area (Å²) in [5.41, 5.74) is 2.02. The number of aromatic nitrogens is 1. The Bertz CT molecular complexity index is 1620. The Labute approximate surface area is 257 Å². The smallest absolute Gasteiger partial charge is 0.247 e. The monoisotopic (exact) mass is 622 g/mol. The number of aliphatic hydroxyl groups excluding tert-OH is 1.